The number of nitrogens with zero attached hydrogens (tertiary/aromatic N) is 5. The molecule has 3 heterocycles. The number of aromatic nitrogens is 2. The van der Waals surface area contributed by atoms with Crippen molar-refractivity contribution < 1.29 is 9.53 Å². The number of nitriles is 1. The number of primary amides is 1. The summed E-state index contributed by atoms with van der Waals surface area (Å²) < 4.78 is 6.13. The maximum Gasteiger partial charge on any atom is 0.269 e. The van der Waals surface area contributed by atoms with E-state index in [-0.39, 0.29) is 23.8 Å². The van der Waals surface area contributed by atoms with Gasteiger partial charge < -0.3 is 15.4 Å². The number of anilines is 1. The van der Waals surface area contributed by atoms with Gasteiger partial charge in [0.05, 0.1) is 17.7 Å². The van der Waals surface area contributed by atoms with Crippen LogP contribution in [0.1, 0.15) is 58.8 Å². The number of hydrogen-bond acceptors (Lipinski definition) is 7. The van der Waals surface area contributed by atoms with E-state index in [0.29, 0.717) is 5.56 Å². The van der Waals surface area contributed by atoms with Gasteiger partial charge in [0.1, 0.15) is 11.9 Å². The van der Waals surface area contributed by atoms with Crippen LogP contribution >= 0.6 is 0 Å². The summed E-state index contributed by atoms with van der Waals surface area (Å²) in [5, 5.41) is 17.8. The number of hydrogen-bond donors (Lipinski definition) is 1. The maximum atomic E-state index is 12.3. The second kappa shape index (κ2) is 9.71. The molecule has 2 N–H and O–H groups in total. The minimum atomic E-state index is -0.546. The fourth-order valence-electron chi connectivity index (χ4n) is 5.31. The normalized spacial score (nSPS) is 21.7. The van der Waals surface area contributed by atoms with Crippen molar-refractivity contribution in [2.24, 2.45) is 10.7 Å². The van der Waals surface area contributed by atoms with Crippen molar-refractivity contribution >= 4 is 17.9 Å². The van der Waals surface area contributed by atoms with Gasteiger partial charge in [-0.05, 0) is 66.7 Å². The molecule has 1 saturated heterocycles. The molecule has 8 heteroatoms. The molecule has 5 rings (SSSR count). The molecule has 1 aromatic carbocycles. The fourth-order valence-corrected chi connectivity index (χ4v) is 5.31. The molecule has 178 valence electrons. The van der Waals surface area contributed by atoms with Gasteiger partial charge in [0.25, 0.3) is 5.91 Å². The Labute approximate surface area is 204 Å². The van der Waals surface area contributed by atoms with Gasteiger partial charge in [-0.3, -0.25) is 9.79 Å². The Morgan fingerprint density at radius 2 is 2.09 bits per heavy atom. The van der Waals surface area contributed by atoms with E-state index >= 15 is 0 Å². The monoisotopic (exact) mass is 468 g/mol. The van der Waals surface area contributed by atoms with Gasteiger partial charge in [-0.1, -0.05) is 18.2 Å². The van der Waals surface area contributed by atoms with E-state index in [9.17, 15) is 4.79 Å². The summed E-state index contributed by atoms with van der Waals surface area (Å²) in [6, 6.07) is 9.51. The SMILES string of the molecule is Cc1c(N2CCC(Oc3cccc(C#N)c3)CC2)nnc(C(N)=O)c1[C@H]1CC=C2C=CC=N[C@H]2C1. The molecule has 3 aliphatic rings. The molecule has 8 nitrogen and oxygen atoms in total. The molecule has 2 aliphatic heterocycles. The summed E-state index contributed by atoms with van der Waals surface area (Å²) >= 11 is 0. The average molecular weight is 469 g/mol. The maximum absolute atomic E-state index is 12.3. The second-order valence-electron chi connectivity index (χ2n) is 9.26. The number of amides is 1. The highest BCUT2D eigenvalue weighted by atomic mass is 16.5. The number of rotatable bonds is 5. The first-order chi connectivity index (χ1) is 17.0. The van der Waals surface area contributed by atoms with Crippen LogP contribution in [-0.2, 0) is 0 Å². The third-order valence-corrected chi connectivity index (χ3v) is 7.06. The van der Waals surface area contributed by atoms with Gasteiger partial charge in [-0.25, -0.2) is 0 Å². The highest BCUT2D eigenvalue weighted by Gasteiger charge is 2.32. The Kier molecular flexibility index (Phi) is 6.32. The van der Waals surface area contributed by atoms with Crippen LogP contribution in [0, 0.1) is 18.3 Å². The predicted octanol–water partition coefficient (Wildman–Crippen LogP) is 3.62. The zero-order valence-electron chi connectivity index (χ0n) is 19.7. The minimum Gasteiger partial charge on any atom is -0.490 e. The fraction of sp³-hybridized carbons (Fsp3) is 0.370. The number of benzene rings is 1. The molecule has 1 aliphatic carbocycles. The van der Waals surface area contributed by atoms with E-state index in [4.69, 9.17) is 15.7 Å². The molecule has 35 heavy (non-hydrogen) atoms. The standard InChI is InChI=1S/C27H28N6O2/c1-17-24(20-8-7-19-5-3-11-30-23(19)15-20)25(26(29)34)31-32-27(17)33-12-9-21(10-13-33)35-22-6-2-4-18(14-22)16-28/h2-7,11,14,20-21,23H,8-10,12-13,15H2,1H3,(H2,29,34)/t20-,23-/m0/s1. The summed E-state index contributed by atoms with van der Waals surface area (Å²) in [4.78, 5) is 19.1. The molecule has 0 bridgehead atoms. The lowest BCUT2D eigenvalue weighted by atomic mass is 9.79. The van der Waals surface area contributed by atoms with Crippen molar-refractivity contribution in [3.63, 3.8) is 0 Å². The first kappa shape index (κ1) is 22.8. The first-order valence-corrected chi connectivity index (χ1v) is 12.0. The van der Waals surface area contributed by atoms with Crippen LogP contribution in [0.5, 0.6) is 5.75 Å². The lowest BCUT2D eigenvalue weighted by Gasteiger charge is -2.35. The molecule has 0 saturated carbocycles. The van der Waals surface area contributed by atoms with E-state index in [1.54, 1.807) is 12.1 Å². The Morgan fingerprint density at radius 1 is 1.26 bits per heavy atom. The Hall–Kier alpha value is -3.99. The molecule has 1 aromatic heterocycles. The van der Waals surface area contributed by atoms with Crippen LogP contribution in [0.2, 0.25) is 0 Å². The summed E-state index contributed by atoms with van der Waals surface area (Å²) in [5.41, 5.74) is 9.66. The van der Waals surface area contributed by atoms with Gasteiger partial charge in [0, 0.05) is 32.1 Å². The van der Waals surface area contributed by atoms with Crippen LogP contribution in [-0.4, -0.2) is 47.6 Å². The Morgan fingerprint density at radius 3 is 2.86 bits per heavy atom. The van der Waals surface area contributed by atoms with Crippen molar-refractivity contribution in [1.29, 1.82) is 5.26 Å². The zero-order valence-corrected chi connectivity index (χ0v) is 19.7. The molecular formula is C27H28N6O2. The van der Waals surface area contributed by atoms with Crippen molar-refractivity contribution in [3.05, 3.63) is 70.5 Å². The minimum absolute atomic E-state index is 0.0666. The van der Waals surface area contributed by atoms with Crippen LogP contribution in [0.4, 0.5) is 5.82 Å². The molecule has 0 spiro atoms. The lowest BCUT2D eigenvalue weighted by molar-refractivity contribution is 0.0992. The molecular weight excluding hydrogens is 440 g/mol. The molecule has 0 radical (unpaired) electrons. The van der Waals surface area contributed by atoms with Crippen molar-refractivity contribution in [2.75, 3.05) is 18.0 Å². The third kappa shape index (κ3) is 4.67. The third-order valence-electron chi connectivity index (χ3n) is 7.06. The van der Waals surface area contributed by atoms with Crippen LogP contribution in [0.3, 0.4) is 0 Å². The molecule has 2 aromatic rings. The number of aliphatic imine (C=N–C) groups is 1. The van der Waals surface area contributed by atoms with E-state index in [0.717, 1.165) is 61.5 Å². The van der Waals surface area contributed by atoms with Crippen molar-refractivity contribution in [2.45, 2.75) is 50.7 Å². The largest absolute Gasteiger partial charge is 0.490 e. The van der Waals surface area contributed by atoms with Crippen LogP contribution < -0.4 is 15.4 Å². The van der Waals surface area contributed by atoms with Crippen LogP contribution in [0.15, 0.2) is 53.1 Å². The topological polar surface area (TPSA) is 117 Å². The van der Waals surface area contributed by atoms with Crippen molar-refractivity contribution in [1.82, 2.24) is 10.2 Å². The number of nitrogens with two attached hydrogens (primary N) is 1. The summed E-state index contributed by atoms with van der Waals surface area (Å²) in [6.45, 7) is 3.55. The highest BCUT2D eigenvalue weighted by Crippen LogP contribution is 2.39. The molecule has 2 atom stereocenters. The van der Waals surface area contributed by atoms with Gasteiger partial charge in [-0.15, -0.1) is 10.2 Å². The first-order valence-electron chi connectivity index (χ1n) is 12.0. The number of allylic oxidation sites excluding steroid dienone is 2. The van der Waals surface area contributed by atoms with Gasteiger partial charge in [0.2, 0.25) is 0 Å². The quantitative estimate of drug-likeness (QED) is 0.716. The van der Waals surface area contributed by atoms with Crippen molar-refractivity contribution in [3.8, 4) is 11.8 Å². The average Bonchev–Trinajstić information content (AvgIpc) is 2.89. The zero-order chi connectivity index (χ0) is 24.4. The summed E-state index contributed by atoms with van der Waals surface area (Å²) in [7, 11) is 0. The molecule has 1 fully saturated rings. The number of piperidine rings is 1. The van der Waals surface area contributed by atoms with Crippen LogP contribution in [0.25, 0.3) is 0 Å². The molecule has 1 amide bonds. The lowest BCUT2D eigenvalue weighted by Crippen LogP contribution is -2.39. The Balaban J connectivity index is 1.34. The highest BCUT2D eigenvalue weighted by molar-refractivity contribution is 5.93. The van der Waals surface area contributed by atoms with E-state index in [1.807, 2.05) is 31.3 Å². The number of fused-ring (bicyclic) bond motifs is 1. The van der Waals surface area contributed by atoms with E-state index in [2.05, 4.69) is 38.3 Å². The smallest absolute Gasteiger partial charge is 0.269 e. The van der Waals surface area contributed by atoms with E-state index in [1.165, 1.54) is 5.57 Å². The van der Waals surface area contributed by atoms with Gasteiger partial charge in [0.15, 0.2) is 11.5 Å². The second-order valence-corrected chi connectivity index (χ2v) is 9.26. The predicted molar refractivity (Wildman–Crippen MR) is 134 cm³/mol. The summed E-state index contributed by atoms with van der Waals surface area (Å²) in [6.07, 6.45) is 11.5. The number of ether oxygens (including phenoxy) is 1. The summed E-state index contributed by atoms with van der Waals surface area (Å²) in [5.74, 6) is 1.08. The number of dihydropyridines is 1. The Bertz CT molecular complexity index is 1270. The van der Waals surface area contributed by atoms with Gasteiger partial charge >= 0.3 is 0 Å². The number of carbonyl (C=O) groups is 1. The molecule has 0 unspecified atom stereocenters. The van der Waals surface area contributed by atoms with Gasteiger partial charge in [-0.2, -0.15) is 5.26 Å². The van der Waals surface area contributed by atoms with E-state index < -0.39 is 5.91 Å². The number of carbonyl (C=O) groups excluding carboxylic acids is 1.